The van der Waals surface area contributed by atoms with Crippen molar-refractivity contribution in [1.82, 2.24) is 20.4 Å². The maximum Gasteiger partial charge on any atom is 0.172 e. The summed E-state index contributed by atoms with van der Waals surface area (Å²) in [7, 11) is 0. The highest BCUT2D eigenvalue weighted by molar-refractivity contribution is 6.00. The highest BCUT2D eigenvalue weighted by atomic mass is 15.7. The van der Waals surface area contributed by atoms with Crippen LogP contribution in [0.25, 0.3) is 0 Å². The van der Waals surface area contributed by atoms with Gasteiger partial charge in [-0.1, -0.05) is 0 Å². The molecule has 0 aliphatic carbocycles. The van der Waals surface area contributed by atoms with E-state index in [0.29, 0.717) is 6.67 Å². The molecule has 0 saturated carbocycles. The molecule has 7 nitrogen and oxygen atoms in total. The predicted octanol–water partition coefficient (Wildman–Crippen LogP) is 2.02. The summed E-state index contributed by atoms with van der Waals surface area (Å²) >= 11 is 0. The number of amidine groups is 1. The van der Waals surface area contributed by atoms with Gasteiger partial charge in [-0.25, -0.2) is 5.01 Å². The lowest BCUT2D eigenvalue weighted by Gasteiger charge is -2.36. The van der Waals surface area contributed by atoms with Crippen LogP contribution in [0.2, 0.25) is 0 Å². The van der Waals surface area contributed by atoms with Crippen LogP contribution in [-0.2, 0) is 0 Å². The first kappa shape index (κ1) is 14.1. The van der Waals surface area contributed by atoms with Gasteiger partial charge in [0.1, 0.15) is 6.67 Å². The van der Waals surface area contributed by atoms with Gasteiger partial charge in [0.25, 0.3) is 0 Å². The molecule has 0 atom stereocenters. The molecule has 4 rings (SSSR count). The Morgan fingerprint density at radius 1 is 0.792 bits per heavy atom. The topological polar surface area (TPSA) is 69.5 Å². The molecule has 118 valence electrons. The minimum atomic E-state index is 0.534. The van der Waals surface area contributed by atoms with Crippen molar-refractivity contribution in [2.75, 3.05) is 16.7 Å². The summed E-state index contributed by atoms with van der Waals surface area (Å²) in [5.74, 6) is 0.733. The molecule has 0 radical (unpaired) electrons. The molecule has 0 spiro atoms. The Morgan fingerprint density at radius 3 is 2.17 bits per heavy atom. The van der Waals surface area contributed by atoms with E-state index in [4.69, 9.17) is 5.10 Å². The van der Waals surface area contributed by atoms with Gasteiger partial charge in [0.05, 0.1) is 23.8 Å². The average molecular weight is 317 g/mol. The van der Waals surface area contributed by atoms with Crippen molar-refractivity contribution >= 4 is 17.2 Å². The average Bonchev–Trinajstić information content (AvgIpc) is 2.70. The van der Waals surface area contributed by atoms with Crippen LogP contribution in [0, 0.1) is 0 Å². The van der Waals surface area contributed by atoms with Crippen LogP contribution in [0.4, 0.5) is 11.4 Å². The Labute approximate surface area is 139 Å². The minimum Gasteiger partial charge on any atom is -0.278 e. The first-order chi connectivity index (χ1) is 11.9. The number of aromatic nitrogens is 3. The molecule has 3 aromatic rings. The number of hydrazine groups is 1. The monoisotopic (exact) mass is 317 g/mol. The summed E-state index contributed by atoms with van der Waals surface area (Å²) in [5, 5.41) is 8.59. The van der Waals surface area contributed by atoms with Gasteiger partial charge >= 0.3 is 0 Å². The quantitative estimate of drug-likeness (QED) is 0.797. The third kappa shape index (κ3) is 2.87. The van der Waals surface area contributed by atoms with Gasteiger partial charge in [0, 0.05) is 30.4 Å². The van der Waals surface area contributed by atoms with E-state index in [-0.39, 0.29) is 0 Å². The molecule has 1 N–H and O–H groups in total. The summed E-state index contributed by atoms with van der Waals surface area (Å²) in [6.45, 7) is 0.534. The molecule has 0 saturated heterocycles. The number of anilines is 2. The molecule has 1 aliphatic rings. The summed E-state index contributed by atoms with van der Waals surface area (Å²) in [4.78, 5) is 12.4. The maximum absolute atomic E-state index is 4.71. The normalized spacial score (nSPS) is 14.1. The standard InChI is InChI=1S/C17H15N7/c1-3-15(11-19-7-1)23-13-24(16-4-2-8-20-12-16)22-17(21-23)14-5-9-18-10-6-14/h1-12H,13H2,(H,21,22). The summed E-state index contributed by atoms with van der Waals surface area (Å²) in [6, 6.07) is 11.6. The van der Waals surface area contributed by atoms with Crippen molar-refractivity contribution in [2.45, 2.75) is 0 Å². The Kier molecular flexibility index (Phi) is 3.73. The zero-order valence-electron chi connectivity index (χ0n) is 12.8. The molecule has 0 aromatic carbocycles. The second kappa shape index (κ2) is 6.33. The van der Waals surface area contributed by atoms with Crippen molar-refractivity contribution in [3.63, 3.8) is 0 Å². The number of nitrogens with zero attached hydrogens (tertiary/aromatic N) is 6. The van der Waals surface area contributed by atoms with E-state index in [1.165, 1.54) is 0 Å². The fraction of sp³-hybridized carbons (Fsp3) is 0.0588. The molecular formula is C17H15N7. The van der Waals surface area contributed by atoms with Crippen LogP contribution in [0.3, 0.4) is 0 Å². The number of hydrogen-bond donors (Lipinski definition) is 1. The highest BCUT2D eigenvalue weighted by Crippen LogP contribution is 2.20. The lowest BCUT2D eigenvalue weighted by molar-refractivity contribution is 0.676. The second-order valence-corrected chi connectivity index (χ2v) is 5.19. The van der Waals surface area contributed by atoms with E-state index in [2.05, 4.69) is 20.4 Å². The van der Waals surface area contributed by atoms with Crippen LogP contribution in [0.1, 0.15) is 5.56 Å². The Hall–Kier alpha value is -3.48. The molecule has 3 aromatic heterocycles. The summed E-state index contributed by atoms with van der Waals surface area (Å²) in [5.41, 5.74) is 6.16. The van der Waals surface area contributed by atoms with Crippen LogP contribution in [0.15, 0.2) is 78.7 Å². The van der Waals surface area contributed by atoms with Crippen molar-refractivity contribution < 1.29 is 0 Å². The van der Waals surface area contributed by atoms with E-state index < -0.39 is 0 Å². The lowest BCUT2D eigenvalue weighted by Crippen LogP contribution is -2.53. The molecule has 7 heteroatoms. The lowest BCUT2D eigenvalue weighted by atomic mass is 10.2. The van der Waals surface area contributed by atoms with Crippen LogP contribution in [-0.4, -0.2) is 27.5 Å². The summed E-state index contributed by atoms with van der Waals surface area (Å²) in [6.07, 6.45) is 10.6. The third-order valence-electron chi connectivity index (χ3n) is 3.59. The van der Waals surface area contributed by atoms with Gasteiger partial charge in [-0.3, -0.25) is 25.4 Å². The Bertz CT molecular complexity index is 821. The number of nitrogens with one attached hydrogen (secondary N) is 1. The summed E-state index contributed by atoms with van der Waals surface area (Å²) < 4.78 is 0. The number of rotatable bonds is 3. The van der Waals surface area contributed by atoms with E-state index in [1.807, 2.05) is 52.6 Å². The van der Waals surface area contributed by atoms with Crippen LogP contribution >= 0.6 is 0 Å². The van der Waals surface area contributed by atoms with Gasteiger partial charge in [-0.05, 0) is 36.4 Å². The highest BCUT2D eigenvalue weighted by Gasteiger charge is 2.21. The van der Waals surface area contributed by atoms with Crippen LogP contribution in [0.5, 0.6) is 0 Å². The van der Waals surface area contributed by atoms with Gasteiger partial charge in [0.15, 0.2) is 5.84 Å². The molecule has 0 unspecified atom stereocenters. The molecule has 0 fully saturated rings. The SMILES string of the molecule is c1cncc(N2CN(c3cccnc3)NC(c3ccncc3)=N2)c1. The van der Waals surface area contributed by atoms with Crippen LogP contribution < -0.4 is 15.4 Å². The Morgan fingerprint density at radius 2 is 1.50 bits per heavy atom. The minimum absolute atomic E-state index is 0.534. The van der Waals surface area contributed by atoms with Crippen molar-refractivity contribution in [2.24, 2.45) is 5.10 Å². The number of pyridine rings is 3. The fourth-order valence-corrected chi connectivity index (χ4v) is 2.41. The first-order valence-electron chi connectivity index (χ1n) is 7.51. The second-order valence-electron chi connectivity index (χ2n) is 5.19. The molecule has 0 bridgehead atoms. The largest absolute Gasteiger partial charge is 0.278 e. The maximum atomic E-state index is 4.71. The van der Waals surface area contributed by atoms with Crippen molar-refractivity contribution in [3.05, 3.63) is 79.1 Å². The van der Waals surface area contributed by atoms with Gasteiger partial charge in [-0.2, -0.15) is 5.10 Å². The zero-order valence-corrected chi connectivity index (χ0v) is 12.8. The Balaban J connectivity index is 1.73. The van der Waals surface area contributed by atoms with E-state index in [9.17, 15) is 0 Å². The zero-order chi connectivity index (χ0) is 16.2. The fourth-order valence-electron chi connectivity index (χ4n) is 2.41. The first-order valence-corrected chi connectivity index (χ1v) is 7.51. The van der Waals surface area contributed by atoms with Gasteiger partial charge in [0.2, 0.25) is 0 Å². The van der Waals surface area contributed by atoms with Gasteiger partial charge < -0.3 is 0 Å². The number of hydrazone groups is 1. The molecular weight excluding hydrogens is 302 g/mol. The molecule has 24 heavy (non-hydrogen) atoms. The molecule has 0 amide bonds. The molecule has 1 aliphatic heterocycles. The van der Waals surface area contributed by atoms with Crippen molar-refractivity contribution in [1.29, 1.82) is 0 Å². The third-order valence-corrected chi connectivity index (χ3v) is 3.59. The van der Waals surface area contributed by atoms with E-state index in [1.54, 1.807) is 31.0 Å². The van der Waals surface area contributed by atoms with Gasteiger partial charge in [-0.15, -0.1) is 0 Å². The van der Waals surface area contributed by atoms with E-state index in [0.717, 1.165) is 22.8 Å². The smallest absolute Gasteiger partial charge is 0.172 e. The molecule has 4 heterocycles. The predicted molar refractivity (Wildman–Crippen MR) is 92.2 cm³/mol. The van der Waals surface area contributed by atoms with Crippen molar-refractivity contribution in [3.8, 4) is 0 Å². The van der Waals surface area contributed by atoms with E-state index >= 15 is 0 Å². The number of hydrogen-bond acceptors (Lipinski definition) is 7.